The van der Waals surface area contributed by atoms with E-state index in [0.29, 0.717) is 17.7 Å². The van der Waals surface area contributed by atoms with E-state index in [1.165, 1.54) is 6.20 Å². The van der Waals surface area contributed by atoms with Gasteiger partial charge in [0.1, 0.15) is 17.0 Å². The largest absolute Gasteiger partial charge is 0.492 e. The molecule has 0 fully saturated rings. The van der Waals surface area contributed by atoms with Crippen molar-refractivity contribution in [2.75, 3.05) is 6.61 Å². The molecule has 0 saturated carbocycles. The minimum absolute atomic E-state index is 0.00847. The van der Waals surface area contributed by atoms with Gasteiger partial charge >= 0.3 is 0 Å². The van der Waals surface area contributed by atoms with Gasteiger partial charge in [-0.15, -0.1) is 0 Å². The Morgan fingerprint density at radius 1 is 1.44 bits per heavy atom. The fraction of sp³-hybridized carbons (Fsp3) is 0.182. The van der Waals surface area contributed by atoms with Crippen LogP contribution in [0.25, 0.3) is 16.7 Å². The van der Waals surface area contributed by atoms with Gasteiger partial charge in [0, 0.05) is 6.20 Å². The van der Waals surface area contributed by atoms with E-state index in [-0.39, 0.29) is 21.7 Å². The first-order chi connectivity index (χ1) is 8.54. The molecule has 0 spiro atoms. The lowest BCUT2D eigenvalue weighted by Gasteiger charge is -2.09. The Labute approximate surface area is 112 Å². The SMILES string of the molecule is C=C(OCC)c1nc(Cl)nc2c(F)c(Cl)ncc12. The van der Waals surface area contributed by atoms with Crippen LogP contribution in [0.3, 0.4) is 0 Å². The predicted molar refractivity (Wildman–Crippen MR) is 68.0 cm³/mol. The molecule has 0 radical (unpaired) electrons. The molecular weight excluding hydrogens is 280 g/mol. The molecule has 0 saturated heterocycles. The lowest BCUT2D eigenvalue weighted by molar-refractivity contribution is 0.298. The summed E-state index contributed by atoms with van der Waals surface area (Å²) >= 11 is 11.3. The quantitative estimate of drug-likeness (QED) is 0.493. The number of fused-ring (bicyclic) bond motifs is 1. The normalized spacial score (nSPS) is 10.7. The Bertz CT molecular complexity index is 633. The molecule has 0 aliphatic carbocycles. The van der Waals surface area contributed by atoms with Gasteiger partial charge in [0.05, 0.1) is 12.0 Å². The molecule has 0 aliphatic heterocycles. The molecule has 0 unspecified atom stereocenters. The van der Waals surface area contributed by atoms with Crippen molar-refractivity contribution in [1.82, 2.24) is 15.0 Å². The third-order valence-electron chi connectivity index (χ3n) is 2.20. The van der Waals surface area contributed by atoms with Crippen molar-refractivity contribution in [3.05, 3.63) is 34.7 Å². The zero-order chi connectivity index (χ0) is 13.3. The summed E-state index contributed by atoms with van der Waals surface area (Å²) in [5.41, 5.74) is 0.292. The van der Waals surface area contributed by atoms with Gasteiger partial charge in [-0.05, 0) is 18.5 Å². The second-order valence-corrected chi connectivity index (χ2v) is 4.02. The summed E-state index contributed by atoms with van der Waals surface area (Å²) in [7, 11) is 0. The first kappa shape index (κ1) is 13.0. The van der Waals surface area contributed by atoms with E-state index in [4.69, 9.17) is 27.9 Å². The first-order valence-corrected chi connectivity index (χ1v) is 5.79. The molecule has 2 aromatic rings. The van der Waals surface area contributed by atoms with Gasteiger partial charge in [0.25, 0.3) is 0 Å². The van der Waals surface area contributed by atoms with Crippen LogP contribution in [0.2, 0.25) is 10.4 Å². The van der Waals surface area contributed by atoms with Crippen molar-refractivity contribution in [2.45, 2.75) is 6.92 Å². The molecule has 18 heavy (non-hydrogen) atoms. The van der Waals surface area contributed by atoms with Gasteiger partial charge in [0.15, 0.2) is 11.0 Å². The van der Waals surface area contributed by atoms with Crippen LogP contribution in [-0.2, 0) is 4.74 Å². The minimum Gasteiger partial charge on any atom is -0.492 e. The zero-order valence-corrected chi connectivity index (χ0v) is 10.9. The van der Waals surface area contributed by atoms with E-state index in [9.17, 15) is 4.39 Å². The highest BCUT2D eigenvalue weighted by molar-refractivity contribution is 6.30. The van der Waals surface area contributed by atoms with Crippen molar-refractivity contribution in [2.24, 2.45) is 0 Å². The minimum atomic E-state index is -0.746. The second-order valence-electron chi connectivity index (χ2n) is 3.32. The number of ether oxygens (including phenoxy) is 1. The van der Waals surface area contributed by atoms with Gasteiger partial charge in [-0.3, -0.25) is 0 Å². The summed E-state index contributed by atoms with van der Waals surface area (Å²) in [6, 6.07) is 0. The van der Waals surface area contributed by atoms with Crippen molar-refractivity contribution in [3.63, 3.8) is 0 Å². The summed E-state index contributed by atoms with van der Waals surface area (Å²) in [5.74, 6) is -0.473. The average molecular weight is 288 g/mol. The molecule has 0 aliphatic rings. The Kier molecular flexibility index (Phi) is 3.63. The molecular formula is C11H8Cl2FN3O. The summed E-state index contributed by atoms with van der Waals surface area (Å²) in [6.45, 7) is 5.91. The molecule has 0 bridgehead atoms. The number of halogens is 3. The van der Waals surface area contributed by atoms with E-state index >= 15 is 0 Å². The van der Waals surface area contributed by atoms with Crippen LogP contribution < -0.4 is 0 Å². The highest BCUT2D eigenvalue weighted by Crippen LogP contribution is 2.27. The lowest BCUT2D eigenvalue weighted by atomic mass is 10.2. The standard InChI is InChI=1S/C11H8Cl2FN3O/c1-3-18-5(2)8-6-4-15-10(12)7(14)9(6)17-11(13)16-8/h4H,2-3H2,1H3. The van der Waals surface area contributed by atoms with E-state index < -0.39 is 5.82 Å². The van der Waals surface area contributed by atoms with E-state index in [0.717, 1.165) is 0 Å². The van der Waals surface area contributed by atoms with E-state index in [1.807, 2.05) is 0 Å². The lowest BCUT2D eigenvalue weighted by Crippen LogP contribution is -2.00. The fourth-order valence-corrected chi connectivity index (χ4v) is 1.77. The van der Waals surface area contributed by atoms with Crippen molar-refractivity contribution in [1.29, 1.82) is 0 Å². The molecule has 2 aromatic heterocycles. The number of rotatable bonds is 3. The van der Waals surface area contributed by atoms with Gasteiger partial charge in [0.2, 0.25) is 5.28 Å². The van der Waals surface area contributed by atoms with Crippen molar-refractivity contribution < 1.29 is 9.13 Å². The van der Waals surface area contributed by atoms with Crippen LogP contribution >= 0.6 is 23.2 Å². The molecule has 7 heteroatoms. The Hall–Kier alpha value is -1.46. The Morgan fingerprint density at radius 2 is 2.17 bits per heavy atom. The third kappa shape index (κ3) is 2.23. The topological polar surface area (TPSA) is 47.9 Å². The number of hydrogen-bond acceptors (Lipinski definition) is 4. The summed E-state index contributed by atoms with van der Waals surface area (Å²) in [4.78, 5) is 11.5. The molecule has 0 amide bonds. The Balaban J connectivity index is 2.74. The number of aromatic nitrogens is 3. The monoisotopic (exact) mass is 287 g/mol. The summed E-state index contributed by atoms with van der Waals surface area (Å²) in [6.07, 6.45) is 1.36. The molecule has 0 N–H and O–H groups in total. The maximum Gasteiger partial charge on any atom is 0.223 e. The van der Waals surface area contributed by atoms with Gasteiger partial charge < -0.3 is 4.74 Å². The van der Waals surface area contributed by atoms with Crippen LogP contribution in [-0.4, -0.2) is 21.6 Å². The summed E-state index contributed by atoms with van der Waals surface area (Å²) < 4.78 is 19.0. The Morgan fingerprint density at radius 3 is 2.83 bits per heavy atom. The molecule has 2 heterocycles. The maximum absolute atomic E-state index is 13.8. The van der Waals surface area contributed by atoms with Crippen molar-refractivity contribution >= 4 is 39.9 Å². The summed E-state index contributed by atoms with van der Waals surface area (Å²) in [5, 5.41) is -0.0375. The molecule has 0 aromatic carbocycles. The van der Waals surface area contributed by atoms with Gasteiger partial charge in [-0.1, -0.05) is 18.2 Å². The smallest absolute Gasteiger partial charge is 0.223 e. The van der Waals surface area contributed by atoms with E-state index in [1.54, 1.807) is 6.92 Å². The van der Waals surface area contributed by atoms with Crippen LogP contribution in [0.1, 0.15) is 12.6 Å². The highest BCUT2D eigenvalue weighted by atomic mass is 35.5. The molecule has 0 atom stereocenters. The van der Waals surface area contributed by atoms with Gasteiger partial charge in [-0.2, -0.15) is 0 Å². The highest BCUT2D eigenvalue weighted by Gasteiger charge is 2.16. The van der Waals surface area contributed by atoms with E-state index in [2.05, 4.69) is 21.5 Å². The number of hydrogen-bond donors (Lipinski definition) is 0. The molecule has 94 valence electrons. The average Bonchev–Trinajstić information content (AvgIpc) is 2.34. The first-order valence-electron chi connectivity index (χ1n) is 5.04. The van der Waals surface area contributed by atoms with Crippen LogP contribution in [0.15, 0.2) is 12.8 Å². The maximum atomic E-state index is 13.8. The zero-order valence-electron chi connectivity index (χ0n) is 9.38. The number of pyridine rings is 1. The molecule has 2 rings (SSSR count). The van der Waals surface area contributed by atoms with Gasteiger partial charge in [-0.25, -0.2) is 19.3 Å². The fourth-order valence-electron chi connectivity index (χ4n) is 1.46. The predicted octanol–water partition coefficient (Wildman–Crippen LogP) is 3.48. The van der Waals surface area contributed by atoms with Crippen LogP contribution in [0.4, 0.5) is 4.39 Å². The van der Waals surface area contributed by atoms with Crippen LogP contribution in [0.5, 0.6) is 0 Å². The third-order valence-corrected chi connectivity index (χ3v) is 2.63. The second kappa shape index (κ2) is 5.04. The van der Waals surface area contributed by atoms with Crippen molar-refractivity contribution in [3.8, 4) is 0 Å². The van der Waals surface area contributed by atoms with Crippen LogP contribution in [0, 0.1) is 5.82 Å². The molecule has 4 nitrogen and oxygen atoms in total. The number of nitrogens with zero attached hydrogens (tertiary/aromatic N) is 3.